The predicted molar refractivity (Wildman–Crippen MR) is 63.6 cm³/mol. The van der Waals surface area contributed by atoms with Gasteiger partial charge in [0.25, 0.3) is 0 Å². The lowest BCUT2D eigenvalue weighted by atomic mass is 9.88. The van der Waals surface area contributed by atoms with Gasteiger partial charge >= 0.3 is 5.97 Å². The molecule has 92 valence electrons. The molecule has 0 amide bonds. The quantitative estimate of drug-likeness (QED) is 0.717. The Labute approximate surface area is 101 Å². The fourth-order valence-corrected chi connectivity index (χ4v) is 2.24. The monoisotopic (exact) mass is 235 g/mol. The first-order valence-electron chi connectivity index (χ1n) is 5.65. The maximum Gasteiger partial charge on any atom is 0.333 e. The van der Waals surface area contributed by atoms with Crippen molar-refractivity contribution in [2.45, 2.75) is 5.54 Å². The van der Waals surface area contributed by atoms with Crippen molar-refractivity contribution in [1.82, 2.24) is 4.90 Å². The van der Waals surface area contributed by atoms with E-state index in [0.29, 0.717) is 19.8 Å². The molecule has 1 atom stereocenters. The number of carbonyl (C=O) groups is 1. The summed E-state index contributed by atoms with van der Waals surface area (Å²) in [6, 6.07) is 9.63. The number of morpholine rings is 1. The number of benzene rings is 1. The van der Waals surface area contributed by atoms with Crippen LogP contribution >= 0.6 is 0 Å². The minimum Gasteiger partial charge on any atom is -0.467 e. The van der Waals surface area contributed by atoms with Crippen LogP contribution in [0.1, 0.15) is 5.56 Å². The van der Waals surface area contributed by atoms with Gasteiger partial charge in [0.15, 0.2) is 5.54 Å². The third-order valence-electron chi connectivity index (χ3n) is 3.31. The Balaban J connectivity index is 2.46. The van der Waals surface area contributed by atoms with Gasteiger partial charge in [-0.3, -0.25) is 4.90 Å². The standard InChI is InChI=1S/C13H17NO3/c1-14-8-9-17-10-13(14,12(15)16-2)11-6-4-3-5-7-11/h3-7H,8-10H2,1-2H3/t13-/m1/s1. The SMILES string of the molecule is COC(=O)[C@]1(c2ccccc2)COCCN1C. The summed E-state index contributed by atoms with van der Waals surface area (Å²) in [4.78, 5) is 14.2. The van der Waals surface area contributed by atoms with Gasteiger partial charge in [0, 0.05) is 6.54 Å². The Morgan fingerprint density at radius 1 is 1.41 bits per heavy atom. The highest BCUT2D eigenvalue weighted by Crippen LogP contribution is 2.31. The van der Waals surface area contributed by atoms with E-state index in [-0.39, 0.29) is 5.97 Å². The number of methoxy groups -OCH3 is 1. The second-order valence-electron chi connectivity index (χ2n) is 4.19. The molecule has 1 heterocycles. The molecule has 0 unspecified atom stereocenters. The van der Waals surface area contributed by atoms with Crippen LogP contribution in [0.25, 0.3) is 0 Å². The van der Waals surface area contributed by atoms with Crippen LogP contribution in [0, 0.1) is 0 Å². The zero-order chi connectivity index (χ0) is 12.3. The van der Waals surface area contributed by atoms with Crippen LogP contribution in [0.5, 0.6) is 0 Å². The summed E-state index contributed by atoms with van der Waals surface area (Å²) >= 11 is 0. The van der Waals surface area contributed by atoms with Gasteiger partial charge in [0.1, 0.15) is 0 Å². The number of nitrogens with zero attached hydrogens (tertiary/aromatic N) is 1. The first-order chi connectivity index (χ1) is 8.21. The third-order valence-corrected chi connectivity index (χ3v) is 3.31. The van der Waals surface area contributed by atoms with Crippen molar-refractivity contribution in [2.24, 2.45) is 0 Å². The molecule has 0 radical (unpaired) electrons. The molecule has 0 aliphatic carbocycles. The van der Waals surface area contributed by atoms with Gasteiger partial charge in [0.2, 0.25) is 0 Å². The van der Waals surface area contributed by atoms with Gasteiger partial charge in [0.05, 0.1) is 20.3 Å². The summed E-state index contributed by atoms with van der Waals surface area (Å²) in [5.74, 6) is -0.272. The van der Waals surface area contributed by atoms with E-state index in [2.05, 4.69) is 0 Å². The van der Waals surface area contributed by atoms with Crippen molar-refractivity contribution in [1.29, 1.82) is 0 Å². The number of hydrogen-bond acceptors (Lipinski definition) is 4. The van der Waals surface area contributed by atoms with Crippen molar-refractivity contribution in [2.75, 3.05) is 33.9 Å². The van der Waals surface area contributed by atoms with Crippen molar-refractivity contribution >= 4 is 5.97 Å². The third kappa shape index (κ3) is 1.94. The molecule has 17 heavy (non-hydrogen) atoms. The van der Waals surface area contributed by atoms with Gasteiger partial charge in [-0.25, -0.2) is 4.79 Å². The first-order valence-corrected chi connectivity index (χ1v) is 5.65. The molecule has 0 aromatic heterocycles. The molecular weight excluding hydrogens is 218 g/mol. The molecule has 1 aromatic carbocycles. The van der Waals surface area contributed by atoms with E-state index in [1.807, 2.05) is 42.3 Å². The van der Waals surface area contributed by atoms with Crippen LogP contribution in [0.3, 0.4) is 0 Å². The Hall–Kier alpha value is -1.39. The lowest BCUT2D eigenvalue weighted by Crippen LogP contribution is -2.58. The van der Waals surface area contributed by atoms with E-state index in [0.717, 1.165) is 5.56 Å². The zero-order valence-corrected chi connectivity index (χ0v) is 10.2. The van der Waals surface area contributed by atoms with Gasteiger partial charge in [-0.15, -0.1) is 0 Å². The zero-order valence-electron chi connectivity index (χ0n) is 10.2. The Morgan fingerprint density at radius 2 is 2.12 bits per heavy atom. The summed E-state index contributed by atoms with van der Waals surface area (Å²) in [5.41, 5.74) is 0.0999. The average Bonchev–Trinajstić information content (AvgIpc) is 2.39. The molecule has 0 saturated carbocycles. The van der Waals surface area contributed by atoms with Crippen LogP contribution in [-0.4, -0.2) is 44.8 Å². The minimum atomic E-state index is -0.811. The first kappa shape index (κ1) is 12.1. The number of rotatable bonds is 2. The Bertz CT molecular complexity index is 393. The second-order valence-corrected chi connectivity index (χ2v) is 4.19. The highest BCUT2D eigenvalue weighted by molar-refractivity contribution is 5.83. The number of carbonyl (C=O) groups excluding carboxylic acids is 1. The lowest BCUT2D eigenvalue weighted by molar-refractivity contribution is -0.167. The highest BCUT2D eigenvalue weighted by atomic mass is 16.5. The Kier molecular flexibility index (Phi) is 3.45. The molecule has 1 aliphatic heterocycles. The summed E-state index contributed by atoms with van der Waals surface area (Å²) in [7, 11) is 3.34. The topological polar surface area (TPSA) is 38.8 Å². The summed E-state index contributed by atoms with van der Waals surface area (Å²) in [6.45, 7) is 1.69. The van der Waals surface area contributed by atoms with Crippen LogP contribution in [0.4, 0.5) is 0 Å². The smallest absolute Gasteiger partial charge is 0.333 e. The summed E-state index contributed by atoms with van der Waals surface area (Å²) in [5, 5.41) is 0. The van der Waals surface area contributed by atoms with Crippen LogP contribution < -0.4 is 0 Å². The van der Waals surface area contributed by atoms with E-state index >= 15 is 0 Å². The second kappa shape index (κ2) is 4.85. The highest BCUT2D eigenvalue weighted by Gasteiger charge is 2.47. The Morgan fingerprint density at radius 3 is 2.71 bits per heavy atom. The van der Waals surface area contributed by atoms with Gasteiger partial charge in [-0.1, -0.05) is 30.3 Å². The molecule has 4 heteroatoms. The number of hydrogen-bond donors (Lipinski definition) is 0. The molecule has 1 aliphatic rings. The largest absolute Gasteiger partial charge is 0.467 e. The molecule has 0 bridgehead atoms. The average molecular weight is 235 g/mol. The fraction of sp³-hybridized carbons (Fsp3) is 0.462. The van der Waals surface area contributed by atoms with Crippen LogP contribution in [0.2, 0.25) is 0 Å². The van der Waals surface area contributed by atoms with E-state index in [1.165, 1.54) is 7.11 Å². The molecule has 2 rings (SSSR count). The van der Waals surface area contributed by atoms with Crippen molar-refractivity contribution in [3.8, 4) is 0 Å². The summed E-state index contributed by atoms with van der Waals surface area (Å²) in [6.07, 6.45) is 0. The normalized spacial score (nSPS) is 25.5. The summed E-state index contributed by atoms with van der Waals surface area (Å²) < 4.78 is 10.4. The molecule has 4 nitrogen and oxygen atoms in total. The number of likely N-dealkylation sites (N-methyl/N-ethyl adjacent to an activating group) is 1. The predicted octanol–water partition coefficient (Wildman–Crippen LogP) is 1.02. The maximum atomic E-state index is 12.2. The van der Waals surface area contributed by atoms with E-state index in [4.69, 9.17) is 9.47 Å². The van der Waals surface area contributed by atoms with Gasteiger partial charge in [-0.2, -0.15) is 0 Å². The molecular formula is C13H17NO3. The molecule has 0 spiro atoms. The number of ether oxygens (including phenoxy) is 2. The van der Waals surface area contributed by atoms with Crippen molar-refractivity contribution < 1.29 is 14.3 Å². The van der Waals surface area contributed by atoms with Gasteiger partial charge < -0.3 is 9.47 Å². The minimum absolute atomic E-state index is 0.272. The number of esters is 1. The van der Waals surface area contributed by atoms with E-state index in [1.54, 1.807) is 0 Å². The van der Waals surface area contributed by atoms with Crippen LogP contribution in [0.15, 0.2) is 30.3 Å². The maximum absolute atomic E-state index is 12.2. The van der Waals surface area contributed by atoms with Crippen molar-refractivity contribution in [3.05, 3.63) is 35.9 Å². The van der Waals surface area contributed by atoms with E-state index in [9.17, 15) is 4.79 Å². The van der Waals surface area contributed by atoms with Gasteiger partial charge in [-0.05, 0) is 12.6 Å². The van der Waals surface area contributed by atoms with Crippen LogP contribution in [-0.2, 0) is 19.8 Å². The lowest BCUT2D eigenvalue weighted by Gasteiger charge is -2.42. The van der Waals surface area contributed by atoms with E-state index < -0.39 is 5.54 Å². The molecule has 1 saturated heterocycles. The fourth-order valence-electron chi connectivity index (χ4n) is 2.24. The molecule has 1 fully saturated rings. The molecule has 1 aromatic rings. The molecule has 0 N–H and O–H groups in total. The van der Waals surface area contributed by atoms with Crippen molar-refractivity contribution in [3.63, 3.8) is 0 Å².